The van der Waals surface area contributed by atoms with Crippen molar-refractivity contribution in [2.45, 2.75) is 6.54 Å². The van der Waals surface area contributed by atoms with E-state index in [1.807, 2.05) is 24.3 Å². The third-order valence-corrected chi connectivity index (χ3v) is 3.68. The highest BCUT2D eigenvalue weighted by atomic mass is 79.9. The lowest BCUT2D eigenvalue weighted by atomic mass is 10.2. The molecule has 0 aromatic heterocycles. The van der Waals surface area contributed by atoms with Crippen LogP contribution >= 0.6 is 39.1 Å². The topological polar surface area (TPSA) is 38.0 Å². The molecule has 2 aromatic carbocycles. The van der Waals surface area contributed by atoms with Gasteiger partial charge in [0.2, 0.25) is 0 Å². The van der Waals surface area contributed by atoms with Crippen molar-refractivity contribution in [1.29, 1.82) is 0 Å². The number of nitrogens with two attached hydrogens (primary N) is 1. The number of nitrogens with one attached hydrogen (secondary N) is 1. The predicted octanol–water partition coefficient (Wildman–Crippen LogP) is 4.95. The van der Waals surface area contributed by atoms with Crippen molar-refractivity contribution in [3.63, 3.8) is 0 Å². The van der Waals surface area contributed by atoms with Gasteiger partial charge in [-0.3, -0.25) is 0 Å². The molecule has 0 radical (unpaired) electrons. The van der Waals surface area contributed by atoms with Crippen LogP contribution in [0.1, 0.15) is 5.56 Å². The normalized spacial score (nSPS) is 10.4. The molecule has 0 amide bonds. The highest BCUT2D eigenvalue weighted by Crippen LogP contribution is 2.31. The van der Waals surface area contributed by atoms with Gasteiger partial charge in [0.15, 0.2) is 0 Å². The van der Waals surface area contributed by atoms with Crippen LogP contribution in [0.4, 0.5) is 11.4 Å². The number of rotatable bonds is 3. The molecule has 2 nitrogen and oxygen atoms in total. The minimum Gasteiger partial charge on any atom is -0.397 e. The Morgan fingerprint density at radius 1 is 1.11 bits per heavy atom. The SMILES string of the molecule is Nc1cc(Cl)c(Cl)cc1NCc1cccc(Br)c1. The number of hydrogen-bond acceptors (Lipinski definition) is 2. The summed E-state index contributed by atoms with van der Waals surface area (Å²) in [6.45, 7) is 0.668. The van der Waals surface area contributed by atoms with Crippen LogP contribution in [0, 0.1) is 0 Å². The van der Waals surface area contributed by atoms with Gasteiger partial charge in [-0.25, -0.2) is 0 Å². The van der Waals surface area contributed by atoms with E-state index in [2.05, 4.69) is 21.2 Å². The monoisotopic (exact) mass is 344 g/mol. The zero-order valence-corrected chi connectivity index (χ0v) is 12.5. The average Bonchev–Trinajstić information content (AvgIpc) is 2.32. The van der Waals surface area contributed by atoms with Crippen molar-refractivity contribution in [2.24, 2.45) is 0 Å². The zero-order valence-electron chi connectivity index (χ0n) is 9.38. The van der Waals surface area contributed by atoms with E-state index < -0.39 is 0 Å². The van der Waals surface area contributed by atoms with Crippen molar-refractivity contribution in [1.82, 2.24) is 0 Å². The molecule has 0 unspecified atom stereocenters. The highest BCUT2D eigenvalue weighted by Gasteiger charge is 2.04. The third kappa shape index (κ3) is 3.31. The minimum absolute atomic E-state index is 0.460. The van der Waals surface area contributed by atoms with E-state index in [9.17, 15) is 0 Å². The van der Waals surface area contributed by atoms with Crippen LogP contribution in [-0.4, -0.2) is 0 Å². The summed E-state index contributed by atoms with van der Waals surface area (Å²) in [5.41, 5.74) is 8.38. The maximum atomic E-state index is 5.96. The second kappa shape index (κ2) is 5.83. The molecule has 0 saturated carbocycles. The summed E-state index contributed by atoms with van der Waals surface area (Å²) in [5.74, 6) is 0. The fourth-order valence-electron chi connectivity index (χ4n) is 1.56. The Bertz CT molecular complexity index is 573. The molecular weight excluding hydrogens is 335 g/mol. The maximum absolute atomic E-state index is 5.96. The Kier molecular flexibility index (Phi) is 4.38. The van der Waals surface area contributed by atoms with E-state index in [1.165, 1.54) is 0 Å². The van der Waals surface area contributed by atoms with Gasteiger partial charge in [0.05, 0.1) is 21.4 Å². The molecule has 0 saturated heterocycles. The van der Waals surface area contributed by atoms with Crippen LogP contribution < -0.4 is 11.1 Å². The molecule has 2 aromatic rings. The number of benzene rings is 2. The Labute approximate surface area is 124 Å². The van der Waals surface area contributed by atoms with Crippen LogP contribution in [-0.2, 0) is 6.54 Å². The van der Waals surface area contributed by atoms with E-state index in [1.54, 1.807) is 12.1 Å². The number of anilines is 2. The van der Waals surface area contributed by atoms with Gasteiger partial charge in [-0.1, -0.05) is 51.3 Å². The van der Waals surface area contributed by atoms with Crippen LogP contribution in [0.25, 0.3) is 0 Å². The summed E-state index contributed by atoms with van der Waals surface area (Å²) in [6, 6.07) is 11.4. The van der Waals surface area contributed by atoms with Crippen molar-refractivity contribution in [3.05, 3.63) is 56.5 Å². The average molecular weight is 346 g/mol. The lowest BCUT2D eigenvalue weighted by molar-refractivity contribution is 1.15. The Morgan fingerprint density at radius 3 is 2.56 bits per heavy atom. The van der Waals surface area contributed by atoms with Crippen LogP contribution in [0.5, 0.6) is 0 Å². The van der Waals surface area contributed by atoms with Gasteiger partial charge in [0, 0.05) is 11.0 Å². The van der Waals surface area contributed by atoms with Gasteiger partial charge in [-0.05, 0) is 29.8 Å². The molecule has 18 heavy (non-hydrogen) atoms. The van der Waals surface area contributed by atoms with E-state index in [0.29, 0.717) is 22.3 Å². The number of nitrogen functional groups attached to an aromatic ring is 1. The smallest absolute Gasteiger partial charge is 0.0614 e. The summed E-state index contributed by atoms with van der Waals surface area (Å²) in [6.07, 6.45) is 0. The quantitative estimate of drug-likeness (QED) is 0.772. The third-order valence-electron chi connectivity index (χ3n) is 2.46. The summed E-state index contributed by atoms with van der Waals surface area (Å²) < 4.78 is 1.05. The van der Waals surface area contributed by atoms with Gasteiger partial charge in [-0.2, -0.15) is 0 Å². The highest BCUT2D eigenvalue weighted by molar-refractivity contribution is 9.10. The van der Waals surface area contributed by atoms with Gasteiger partial charge in [0.25, 0.3) is 0 Å². The second-order valence-electron chi connectivity index (χ2n) is 3.84. The minimum atomic E-state index is 0.460. The lowest BCUT2D eigenvalue weighted by Gasteiger charge is -2.11. The number of halogens is 3. The summed E-state index contributed by atoms with van der Waals surface area (Å²) >= 11 is 15.3. The molecule has 0 heterocycles. The van der Waals surface area contributed by atoms with Crippen molar-refractivity contribution in [2.75, 3.05) is 11.1 Å². The maximum Gasteiger partial charge on any atom is 0.0614 e. The molecule has 0 atom stereocenters. The molecule has 3 N–H and O–H groups in total. The van der Waals surface area contributed by atoms with Gasteiger partial charge in [0.1, 0.15) is 0 Å². The van der Waals surface area contributed by atoms with Crippen molar-refractivity contribution < 1.29 is 0 Å². The van der Waals surface area contributed by atoms with E-state index >= 15 is 0 Å². The van der Waals surface area contributed by atoms with E-state index in [-0.39, 0.29) is 0 Å². The predicted molar refractivity (Wildman–Crippen MR) is 82.3 cm³/mol. The van der Waals surface area contributed by atoms with Crippen LogP contribution in [0.2, 0.25) is 10.0 Å². The van der Waals surface area contributed by atoms with Crippen molar-refractivity contribution in [3.8, 4) is 0 Å². The zero-order chi connectivity index (χ0) is 13.1. The summed E-state index contributed by atoms with van der Waals surface area (Å²) in [4.78, 5) is 0. The van der Waals surface area contributed by atoms with Gasteiger partial charge in [-0.15, -0.1) is 0 Å². The number of hydrogen-bond donors (Lipinski definition) is 2. The summed E-state index contributed by atoms with van der Waals surface area (Å²) in [7, 11) is 0. The van der Waals surface area contributed by atoms with Crippen molar-refractivity contribution >= 4 is 50.5 Å². The summed E-state index contributed by atoms with van der Waals surface area (Å²) in [5, 5.41) is 4.18. The molecule has 0 fully saturated rings. The molecule has 0 aliphatic rings. The Hall–Kier alpha value is -0.900. The first-order valence-corrected chi connectivity index (χ1v) is 6.84. The first-order chi connectivity index (χ1) is 8.56. The largest absolute Gasteiger partial charge is 0.397 e. The van der Waals surface area contributed by atoms with Crippen LogP contribution in [0.15, 0.2) is 40.9 Å². The molecule has 0 spiro atoms. The fourth-order valence-corrected chi connectivity index (χ4v) is 2.34. The Morgan fingerprint density at radius 2 is 1.83 bits per heavy atom. The second-order valence-corrected chi connectivity index (χ2v) is 5.57. The first kappa shape index (κ1) is 13.5. The molecule has 2 rings (SSSR count). The lowest BCUT2D eigenvalue weighted by Crippen LogP contribution is -2.02. The Balaban J connectivity index is 2.13. The van der Waals surface area contributed by atoms with Gasteiger partial charge >= 0.3 is 0 Å². The first-order valence-electron chi connectivity index (χ1n) is 5.29. The standard InChI is InChI=1S/C13H11BrCl2N2/c14-9-3-1-2-8(4-9)7-18-13-6-11(16)10(15)5-12(13)17/h1-6,18H,7,17H2. The molecule has 0 aliphatic carbocycles. The molecule has 0 bridgehead atoms. The molecule has 94 valence electrons. The molecular formula is C13H11BrCl2N2. The van der Waals surface area contributed by atoms with Crippen LogP contribution in [0.3, 0.4) is 0 Å². The van der Waals surface area contributed by atoms with E-state index in [4.69, 9.17) is 28.9 Å². The molecule has 5 heteroatoms. The van der Waals surface area contributed by atoms with E-state index in [0.717, 1.165) is 15.7 Å². The molecule has 0 aliphatic heterocycles. The fraction of sp³-hybridized carbons (Fsp3) is 0.0769. The van der Waals surface area contributed by atoms with Gasteiger partial charge < -0.3 is 11.1 Å².